The van der Waals surface area contributed by atoms with E-state index in [0.717, 1.165) is 29.6 Å². The van der Waals surface area contributed by atoms with Crippen LogP contribution in [0.3, 0.4) is 0 Å². The van der Waals surface area contributed by atoms with Crippen LogP contribution in [0.4, 0.5) is 5.69 Å². The van der Waals surface area contributed by atoms with Crippen molar-refractivity contribution in [3.8, 4) is 0 Å². The molecule has 0 aliphatic heterocycles. The summed E-state index contributed by atoms with van der Waals surface area (Å²) < 4.78 is 27.9. The van der Waals surface area contributed by atoms with Gasteiger partial charge in [-0.3, -0.25) is 13.9 Å². The molecular weight excluding hydrogens is 642 g/mol. The molecule has 7 nitrogen and oxygen atoms in total. The molecule has 0 heterocycles. The topological polar surface area (TPSA) is 86.8 Å². The van der Waals surface area contributed by atoms with E-state index in [4.69, 9.17) is 11.6 Å². The van der Waals surface area contributed by atoms with Gasteiger partial charge >= 0.3 is 0 Å². The van der Waals surface area contributed by atoms with Crippen LogP contribution in [0.15, 0.2) is 78.9 Å². The molecule has 0 spiro atoms. The van der Waals surface area contributed by atoms with E-state index in [-0.39, 0.29) is 24.3 Å². The number of nitrogens with zero attached hydrogens (tertiary/aromatic N) is 2. The van der Waals surface area contributed by atoms with Crippen LogP contribution in [0.2, 0.25) is 5.02 Å². The molecule has 0 saturated heterocycles. The lowest BCUT2D eigenvalue weighted by Gasteiger charge is -2.57. The van der Waals surface area contributed by atoms with Crippen molar-refractivity contribution in [3.05, 3.63) is 101 Å². The molecule has 3 aromatic rings. The van der Waals surface area contributed by atoms with Gasteiger partial charge in [0.1, 0.15) is 12.6 Å². The SMILES string of the molecule is CC(C)(C)NC(=O)[C@@H](Cc1ccccc1)N(Cc1ccccc1Cl)C(=O)CN(c1ccc(C23CC4CC(CC(C4)C2)C3)cc1)S(C)(=O)=O. The van der Waals surface area contributed by atoms with Crippen LogP contribution in [0.25, 0.3) is 0 Å². The second kappa shape index (κ2) is 13.5. The Labute approximate surface area is 291 Å². The quantitative estimate of drug-likeness (QED) is 0.232. The molecule has 0 radical (unpaired) electrons. The molecule has 4 bridgehead atoms. The predicted octanol–water partition coefficient (Wildman–Crippen LogP) is 7.13. The van der Waals surface area contributed by atoms with E-state index in [1.807, 2.05) is 81.4 Å². The minimum atomic E-state index is -3.86. The Hall–Kier alpha value is -3.36. The Morgan fingerprint density at radius 2 is 1.44 bits per heavy atom. The van der Waals surface area contributed by atoms with Gasteiger partial charge in [-0.25, -0.2) is 8.42 Å². The summed E-state index contributed by atoms with van der Waals surface area (Å²) in [6, 6.07) is 23.7. The lowest BCUT2D eigenvalue weighted by molar-refractivity contribution is -0.140. The first-order valence-corrected chi connectivity index (χ1v) is 19.4. The molecule has 256 valence electrons. The van der Waals surface area contributed by atoms with Crippen molar-refractivity contribution in [1.82, 2.24) is 10.2 Å². The van der Waals surface area contributed by atoms with Gasteiger partial charge in [0.2, 0.25) is 21.8 Å². The Morgan fingerprint density at radius 1 is 0.875 bits per heavy atom. The van der Waals surface area contributed by atoms with Crippen molar-refractivity contribution in [2.75, 3.05) is 17.1 Å². The summed E-state index contributed by atoms with van der Waals surface area (Å²) in [5.74, 6) is 1.58. The van der Waals surface area contributed by atoms with E-state index in [1.54, 1.807) is 6.07 Å². The zero-order valence-corrected chi connectivity index (χ0v) is 30.1. The van der Waals surface area contributed by atoms with Crippen molar-refractivity contribution < 1.29 is 18.0 Å². The summed E-state index contributed by atoms with van der Waals surface area (Å²) in [6.45, 7) is 5.26. The fourth-order valence-electron chi connectivity index (χ4n) is 8.88. The van der Waals surface area contributed by atoms with Crippen molar-refractivity contribution in [3.63, 3.8) is 0 Å². The molecule has 9 heteroatoms. The van der Waals surface area contributed by atoms with Crippen LogP contribution < -0.4 is 9.62 Å². The van der Waals surface area contributed by atoms with Gasteiger partial charge in [0, 0.05) is 23.5 Å². The normalized spacial score (nSPS) is 23.8. The molecule has 3 aromatic carbocycles. The fourth-order valence-corrected chi connectivity index (χ4v) is 9.92. The Bertz CT molecular complexity index is 1700. The number of halogens is 1. The van der Waals surface area contributed by atoms with Gasteiger partial charge < -0.3 is 10.2 Å². The van der Waals surface area contributed by atoms with Crippen molar-refractivity contribution in [2.45, 2.75) is 89.3 Å². The third-order valence-electron chi connectivity index (χ3n) is 10.6. The van der Waals surface area contributed by atoms with E-state index in [9.17, 15) is 18.0 Å². The number of amides is 2. The fraction of sp³-hybridized carbons (Fsp3) is 0.487. The summed E-state index contributed by atoms with van der Waals surface area (Å²) in [6.07, 6.45) is 9.06. The number of carbonyl (C=O) groups excluding carboxylic acids is 2. The lowest BCUT2D eigenvalue weighted by atomic mass is 9.48. The van der Waals surface area contributed by atoms with Crippen LogP contribution in [-0.4, -0.2) is 49.5 Å². The molecule has 4 aliphatic carbocycles. The van der Waals surface area contributed by atoms with E-state index in [2.05, 4.69) is 17.4 Å². The van der Waals surface area contributed by atoms with Crippen LogP contribution in [0.5, 0.6) is 0 Å². The zero-order chi connectivity index (χ0) is 34.3. The average molecular weight is 690 g/mol. The third kappa shape index (κ3) is 7.76. The van der Waals surface area contributed by atoms with Gasteiger partial charge in [-0.2, -0.15) is 0 Å². The maximum absolute atomic E-state index is 14.5. The van der Waals surface area contributed by atoms with Crippen molar-refractivity contribution in [2.24, 2.45) is 17.8 Å². The number of hydrogen-bond donors (Lipinski definition) is 1. The molecule has 4 fully saturated rings. The van der Waals surface area contributed by atoms with Gasteiger partial charge in [0.05, 0.1) is 11.9 Å². The maximum Gasteiger partial charge on any atom is 0.244 e. The summed E-state index contributed by atoms with van der Waals surface area (Å²) in [5, 5.41) is 3.52. The molecule has 1 atom stereocenters. The molecule has 4 saturated carbocycles. The van der Waals surface area contributed by atoms with Gasteiger partial charge in [-0.1, -0.05) is 72.3 Å². The van der Waals surface area contributed by atoms with E-state index < -0.39 is 34.1 Å². The smallest absolute Gasteiger partial charge is 0.244 e. The molecule has 48 heavy (non-hydrogen) atoms. The number of hydrogen-bond acceptors (Lipinski definition) is 4. The minimum absolute atomic E-state index is 0.0378. The highest BCUT2D eigenvalue weighted by atomic mass is 35.5. The van der Waals surface area contributed by atoms with Crippen molar-refractivity contribution >= 4 is 39.1 Å². The Morgan fingerprint density at radius 3 is 1.98 bits per heavy atom. The van der Waals surface area contributed by atoms with Crippen LogP contribution in [-0.2, 0) is 38.0 Å². The van der Waals surface area contributed by atoms with Gasteiger partial charge in [0.15, 0.2) is 0 Å². The Kier molecular flexibility index (Phi) is 9.71. The highest BCUT2D eigenvalue weighted by Crippen LogP contribution is 2.60. The first-order chi connectivity index (χ1) is 22.7. The van der Waals surface area contributed by atoms with Gasteiger partial charge in [-0.15, -0.1) is 0 Å². The second-order valence-corrected chi connectivity index (χ2v) is 17.9. The molecule has 0 aromatic heterocycles. The highest BCUT2D eigenvalue weighted by Gasteiger charge is 2.51. The second-order valence-electron chi connectivity index (χ2n) is 15.6. The Balaban J connectivity index is 1.32. The summed E-state index contributed by atoms with van der Waals surface area (Å²) in [4.78, 5) is 29.9. The number of anilines is 1. The number of sulfonamides is 1. The first kappa shape index (κ1) is 34.5. The average Bonchev–Trinajstić information content (AvgIpc) is 3.01. The molecule has 0 unspecified atom stereocenters. The largest absolute Gasteiger partial charge is 0.350 e. The van der Waals surface area contributed by atoms with E-state index >= 15 is 0 Å². The molecule has 4 aliphatic rings. The summed E-state index contributed by atoms with van der Waals surface area (Å²) >= 11 is 6.58. The summed E-state index contributed by atoms with van der Waals surface area (Å²) in [7, 11) is -3.86. The van der Waals surface area contributed by atoms with Gasteiger partial charge in [0.25, 0.3) is 0 Å². The van der Waals surface area contributed by atoms with Crippen LogP contribution in [0.1, 0.15) is 76.0 Å². The highest BCUT2D eigenvalue weighted by molar-refractivity contribution is 7.92. The maximum atomic E-state index is 14.5. The molecule has 7 rings (SSSR count). The number of carbonyl (C=O) groups is 2. The van der Waals surface area contributed by atoms with Crippen molar-refractivity contribution in [1.29, 1.82) is 0 Å². The van der Waals surface area contributed by atoms with Crippen LogP contribution >= 0.6 is 11.6 Å². The lowest BCUT2D eigenvalue weighted by Crippen LogP contribution is -2.56. The molecular formula is C39H48ClN3O4S. The molecule has 1 N–H and O–H groups in total. The monoisotopic (exact) mass is 689 g/mol. The number of nitrogens with one attached hydrogen (secondary N) is 1. The zero-order valence-electron chi connectivity index (χ0n) is 28.5. The number of benzene rings is 3. The van der Waals surface area contributed by atoms with Gasteiger partial charge in [-0.05, 0) is 117 Å². The standard InChI is InChI=1S/C39H48ClN3O4S/c1-38(2,3)41-37(45)35(21-27-10-6-5-7-11-27)42(25-31-12-8-9-13-34(31)40)36(44)26-43(48(4,46)47)33-16-14-32(15-17-33)39-22-28-18-29(23-39)20-30(19-28)24-39/h5-17,28-30,35H,18-26H2,1-4H3,(H,41,45)/t28?,29?,30?,35-,39?/m1/s1. The summed E-state index contributed by atoms with van der Waals surface area (Å²) in [5.41, 5.74) is 2.89. The van der Waals surface area contributed by atoms with E-state index in [1.165, 1.54) is 53.3 Å². The van der Waals surface area contributed by atoms with Crippen LogP contribution in [0, 0.1) is 17.8 Å². The number of rotatable bonds is 11. The van der Waals surface area contributed by atoms with E-state index in [0.29, 0.717) is 16.3 Å². The molecule has 2 amide bonds. The first-order valence-electron chi connectivity index (χ1n) is 17.2. The predicted molar refractivity (Wildman–Crippen MR) is 192 cm³/mol. The third-order valence-corrected chi connectivity index (χ3v) is 12.1. The minimum Gasteiger partial charge on any atom is -0.350 e.